The van der Waals surface area contributed by atoms with Crippen molar-refractivity contribution in [2.24, 2.45) is 9.98 Å². The molecule has 3 heterocycles. The number of para-hydroxylation sites is 2. The molecule has 1 aliphatic heterocycles. The molecule has 5 nitrogen and oxygen atoms in total. The minimum Gasteiger partial charge on any atom is -0.455 e. The largest absolute Gasteiger partial charge is 0.455 e. The Morgan fingerprint density at radius 3 is 1.92 bits per heavy atom. The number of fused-ring (bicyclic) bond motifs is 8. The van der Waals surface area contributed by atoms with Crippen molar-refractivity contribution < 1.29 is 8.83 Å². The van der Waals surface area contributed by atoms with E-state index in [0.29, 0.717) is 5.84 Å². The van der Waals surface area contributed by atoms with E-state index in [2.05, 4.69) is 139 Å². The molecular weight excluding hydrogens is 639 g/mol. The fourth-order valence-electron chi connectivity index (χ4n) is 7.82. The third kappa shape index (κ3) is 4.49. The zero-order chi connectivity index (χ0) is 34.2. The number of furan rings is 2. The quantitative estimate of drug-likeness (QED) is 0.203. The molecule has 0 radical (unpaired) electrons. The van der Waals surface area contributed by atoms with Crippen molar-refractivity contribution in [1.82, 2.24) is 5.32 Å². The number of nitrogens with one attached hydrogen (secondary N) is 1. The van der Waals surface area contributed by atoms with Crippen molar-refractivity contribution in [3.63, 3.8) is 0 Å². The predicted octanol–water partition coefficient (Wildman–Crippen LogP) is 12.0. The number of amidine groups is 2. The number of hydrogen-bond donors (Lipinski definition) is 1. The van der Waals surface area contributed by atoms with Crippen LogP contribution in [0.3, 0.4) is 0 Å². The fourth-order valence-corrected chi connectivity index (χ4v) is 7.82. The van der Waals surface area contributed by atoms with E-state index in [4.69, 9.17) is 18.8 Å². The van der Waals surface area contributed by atoms with Gasteiger partial charge in [-0.2, -0.15) is 0 Å². The maximum Gasteiger partial charge on any atom is 0.159 e. The maximum atomic E-state index is 6.78. The van der Waals surface area contributed by atoms with Gasteiger partial charge in [-0.25, -0.2) is 9.98 Å². The fraction of sp³-hybridized carbons (Fsp3) is 0.0213. The molecular formula is C47H29N3O2. The molecule has 5 heteroatoms. The van der Waals surface area contributed by atoms with E-state index in [0.717, 1.165) is 88.3 Å². The highest BCUT2D eigenvalue weighted by molar-refractivity contribution is 6.18. The van der Waals surface area contributed by atoms with Crippen molar-refractivity contribution in [3.8, 4) is 11.1 Å². The topological polar surface area (TPSA) is 63.0 Å². The highest BCUT2D eigenvalue weighted by Gasteiger charge is 2.26. The minimum absolute atomic E-state index is 0.407. The lowest BCUT2D eigenvalue weighted by atomic mass is 9.98. The molecule has 1 atom stereocenters. The van der Waals surface area contributed by atoms with Crippen molar-refractivity contribution in [2.75, 3.05) is 0 Å². The van der Waals surface area contributed by atoms with Gasteiger partial charge in [0.05, 0.1) is 0 Å². The van der Waals surface area contributed by atoms with Crippen LogP contribution < -0.4 is 5.32 Å². The Bertz CT molecular complexity index is 3110. The van der Waals surface area contributed by atoms with Gasteiger partial charge in [0.1, 0.15) is 34.3 Å². The molecule has 8 aromatic carbocycles. The van der Waals surface area contributed by atoms with Crippen LogP contribution in [-0.4, -0.2) is 11.7 Å². The Morgan fingerprint density at radius 2 is 1.12 bits per heavy atom. The summed E-state index contributed by atoms with van der Waals surface area (Å²) in [6, 6.07) is 56.8. The van der Waals surface area contributed by atoms with Crippen LogP contribution in [0.25, 0.3) is 76.5 Å². The molecule has 244 valence electrons. The standard InChI is InChI=1S/C47H29N3O2/c1-2-12-29(13-3-1)45-48-46(33-24-23-28-11-4-5-14-30(28)25-33)50-47(49-45)38-21-10-22-40-42(38)37-20-9-18-35(44(37)51-40)34-17-8-19-36-39-26-31-15-6-7-16-32(31)27-41(39)52-43(34)36/h1-27,47H,(H,48,49,50). The van der Waals surface area contributed by atoms with Crippen LogP contribution in [0.1, 0.15) is 22.9 Å². The van der Waals surface area contributed by atoms with Crippen LogP contribution in [0.4, 0.5) is 0 Å². The summed E-state index contributed by atoms with van der Waals surface area (Å²) in [5, 5.41) is 12.6. The SMILES string of the molecule is c1ccc(C2=NC(c3ccc4ccccc4c3)=NC(c3cccc4oc5c(-c6cccc7c6oc6cc8ccccc8cc67)cccc5c34)N2)cc1. The van der Waals surface area contributed by atoms with Gasteiger partial charge in [-0.05, 0) is 45.8 Å². The van der Waals surface area contributed by atoms with Crippen molar-refractivity contribution >= 4 is 77.1 Å². The van der Waals surface area contributed by atoms with Crippen LogP contribution >= 0.6 is 0 Å². The molecule has 1 aliphatic rings. The van der Waals surface area contributed by atoms with Crippen LogP contribution in [0.5, 0.6) is 0 Å². The molecule has 1 N–H and O–H groups in total. The van der Waals surface area contributed by atoms with Crippen LogP contribution in [0, 0.1) is 0 Å². The number of aliphatic imine (C=N–C) groups is 2. The Hall–Kier alpha value is -6.98. The third-order valence-electron chi connectivity index (χ3n) is 10.3. The van der Waals surface area contributed by atoms with E-state index in [1.807, 2.05) is 30.3 Å². The lowest BCUT2D eigenvalue weighted by Gasteiger charge is -2.24. The van der Waals surface area contributed by atoms with E-state index in [-0.39, 0.29) is 0 Å². The second kappa shape index (κ2) is 11.3. The molecule has 0 bridgehead atoms. The van der Waals surface area contributed by atoms with Gasteiger partial charge in [-0.15, -0.1) is 0 Å². The summed E-state index contributed by atoms with van der Waals surface area (Å²) in [6.07, 6.45) is -0.407. The Labute approximate surface area is 298 Å². The van der Waals surface area contributed by atoms with Gasteiger partial charge in [-0.3, -0.25) is 0 Å². The summed E-state index contributed by atoms with van der Waals surface area (Å²) in [5.41, 5.74) is 8.31. The summed E-state index contributed by atoms with van der Waals surface area (Å²) in [5.74, 6) is 1.46. The van der Waals surface area contributed by atoms with Gasteiger partial charge < -0.3 is 14.2 Å². The minimum atomic E-state index is -0.407. The number of benzene rings is 8. The average molecular weight is 668 g/mol. The molecule has 1 unspecified atom stereocenters. The number of nitrogens with zero attached hydrogens (tertiary/aromatic N) is 2. The first-order valence-corrected chi connectivity index (χ1v) is 17.5. The Morgan fingerprint density at radius 1 is 0.462 bits per heavy atom. The molecule has 2 aromatic heterocycles. The van der Waals surface area contributed by atoms with Crippen molar-refractivity contribution in [1.29, 1.82) is 0 Å². The first kappa shape index (κ1) is 28.8. The van der Waals surface area contributed by atoms with Gasteiger partial charge in [0.25, 0.3) is 0 Å². The average Bonchev–Trinajstić information content (AvgIpc) is 3.78. The van der Waals surface area contributed by atoms with Gasteiger partial charge in [0.15, 0.2) is 5.84 Å². The van der Waals surface area contributed by atoms with Crippen LogP contribution in [0.2, 0.25) is 0 Å². The summed E-state index contributed by atoms with van der Waals surface area (Å²) in [6.45, 7) is 0. The van der Waals surface area contributed by atoms with Crippen molar-refractivity contribution in [3.05, 3.63) is 180 Å². The smallest absolute Gasteiger partial charge is 0.159 e. The Kier molecular flexibility index (Phi) is 6.25. The third-order valence-corrected chi connectivity index (χ3v) is 10.3. The highest BCUT2D eigenvalue weighted by atomic mass is 16.3. The lowest BCUT2D eigenvalue weighted by molar-refractivity contribution is 0.661. The Balaban J connectivity index is 1.09. The van der Waals surface area contributed by atoms with Crippen LogP contribution in [-0.2, 0) is 0 Å². The van der Waals surface area contributed by atoms with E-state index in [9.17, 15) is 0 Å². The number of rotatable bonds is 4. The molecule has 0 aliphatic carbocycles. The molecule has 10 aromatic rings. The zero-order valence-electron chi connectivity index (χ0n) is 27.9. The summed E-state index contributed by atoms with van der Waals surface area (Å²) in [7, 11) is 0. The first-order chi connectivity index (χ1) is 25.7. The molecule has 0 saturated heterocycles. The second-order valence-electron chi connectivity index (χ2n) is 13.4. The van der Waals surface area contributed by atoms with E-state index in [1.165, 1.54) is 10.8 Å². The molecule has 11 rings (SSSR count). The summed E-state index contributed by atoms with van der Waals surface area (Å²) >= 11 is 0. The predicted molar refractivity (Wildman–Crippen MR) is 213 cm³/mol. The van der Waals surface area contributed by atoms with Crippen molar-refractivity contribution in [2.45, 2.75) is 6.17 Å². The first-order valence-electron chi connectivity index (χ1n) is 17.5. The molecule has 0 spiro atoms. The maximum absolute atomic E-state index is 6.78. The summed E-state index contributed by atoms with van der Waals surface area (Å²) in [4.78, 5) is 10.3. The summed E-state index contributed by atoms with van der Waals surface area (Å²) < 4.78 is 13.4. The van der Waals surface area contributed by atoms with Gasteiger partial charge in [-0.1, -0.05) is 140 Å². The molecule has 52 heavy (non-hydrogen) atoms. The van der Waals surface area contributed by atoms with Crippen LogP contribution in [0.15, 0.2) is 183 Å². The van der Waals surface area contributed by atoms with Gasteiger partial charge in [0.2, 0.25) is 0 Å². The molecule has 0 amide bonds. The zero-order valence-corrected chi connectivity index (χ0v) is 27.9. The van der Waals surface area contributed by atoms with Gasteiger partial charge >= 0.3 is 0 Å². The van der Waals surface area contributed by atoms with E-state index >= 15 is 0 Å². The monoisotopic (exact) mass is 667 g/mol. The van der Waals surface area contributed by atoms with E-state index in [1.54, 1.807) is 0 Å². The van der Waals surface area contributed by atoms with Gasteiger partial charge in [0, 0.05) is 49.4 Å². The second-order valence-corrected chi connectivity index (χ2v) is 13.4. The highest BCUT2D eigenvalue weighted by Crippen LogP contribution is 2.43. The normalized spacial score (nSPS) is 14.7. The number of hydrogen-bond acceptors (Lipinski definition) is 5. The molecule has 0 fully saturated rings. The van der Waals surface area contributed by atoms with E-state index < -0.39 is 6.17 Å². The lowest BCUT2D eigenvalue weighted by Crippen LogP contribution is -2.33. The molecule has 0 saturated carbocycles.